The zero-order valence-electron chi connectivity index (χ0n) is 16.9. The average molecular weight is 413 g/mol. The van der Waals surface area contributed by atoms with Gasteiger partial charge < -0.3 is 19.6 Å². The molecule has 0 aliphatic carbocycles. The lowest BCUT2D eigenvalue weighted by molar-refractivity contribution is 0.182. The summed E-state index contributed by atoms with van der Waals surface area (Å²) in [6.07, 6.45) is 3.89. The maximum absolute atomic E-state index is 12.6. The van der Waals surface area contributed by atoms with Gasteiger partial charge in [-0.3, -0.25) is 4.99 Å². The fraction of sp³-hybridized carbons (Fsp3) is 0.778. The number of rotatable bonds is 6. The number of nitrogens with one attached hydrogen (secondary N) is 1. The molecule has 1 unspecified atom stereocenters. The Bertz CT molecular complexity index is 729. The summed E-state index contributed by atoms with van der Waals surface area (Å²) in [6.45, 7) is 8.73. The minimum absolute atomic E-state index is 0.119. The van der Waals surface area contributed by atoms with Crippen LogP contribution in [0.25, 0.3) is 0 Å². The van der Waals surface area contributed by atoms with E-state index in [1.54, 1.807) is 13.1 Å². The molecule has 3 rings (SSSR count). The van der Waals surface area contributed by atoms with Crippen molar-refractivity contribution in [1.82, 2.24) is 24.6 Å². The number of aromatic nitrogens is 1. The fourth-order valence-electron chi connectivity index (χ4n) is 3.94. The number of likely N-dealkylation sites (tertiary alicyclic amines) is 1. The highest BCUT2D eigenvalue weighted by Crippen LogP contribution is 2.16. The molecule has 1 atom stereocenters. The van der Waals surface area contributed by atoms with Crippen LogP contribution in [-0.2, 0) is 15.8 Å². The summed E-state index contributed by atoms with van der Waals surface area (Å²) in [7, 11) is -1.60. The molecule has 1 aromatic heterocycles. The Morgan fingerprint density at radius 3 is 2.75 bits per heavy atom. The second-order valence-electron chi connectivity index (χ2n) is 7.46. The van der Waals surface area contributed by atoms with E-state index in [1.807, 2.05) is 0 Å². The molecule has 2 saturated heterocycles. The monoisotopic (exact) mass is 412 g/mol. The summed E-state index contributed by atoms with van der Waals surface area (Å²) in [6, 6.07) is 1.59. The van der Waals surface area contributed by atoms with E-state index in [0.717, 1.165) is 25.6 Å². The lowest BCUT2D eigenvalue weighted by Gasteiger charge is -2.37. The number of piperazine rings is 1. The molecule has 3 heterocycles. The zero-order chi connectivity index (χ0) is 20.0. The van der Waals surface area contributed by atoms with Crippen LogP contribution in [0.4, 0.5) is 0 Å². The molecule has 158 valence electrons. The zero-order valence-corrected chi connectivity index (χ0v) is 17.7. The highest BCUT2D eigenvalue weighted by Gasteiger charge is 2.29. The summed E-state index contributed by atoms with van der Waals surface area (Å²) < 4.78 is 31.4. The average Bonchev–Trinajstić information content (AvgIpc) is 3.21. The van der Waals surface area contributed by atoms with Crippen LogP contribution in [0.5, 0.6) is 0 Å². The first-order chi connectivity index (χ1) is 13.5. The van der Waals surface area contributed by atoms with Crippen LogP contribution in [0.15, 0.2) is 21.8 Å². The summed E-state index contributed by atoms with van der Waals surface area (Å²) in [5.41, 5.74) is 0.438. The van der Waals surface area contributed by atoms with Crippen LogP contribution in [0.2, 0.25) is 0 Å². The van der Waals surface area contributed by atoms with Crippen LogP contribution in [-0.4, -0.2) is 93.0 Å². The minimum atomic E-state index is -3.38. The third-order valence-corrected chi connectivity index (χ3v) is 7.38. The van der Waals surface area contributed by atoms with E-state index < -0.39 is 10.0 Å². The number of aliphatic imine (C=N–C) groups is 1. The van der Waals surface area contributed by atoms with Gasteiger partial charge in [0.1, 0.15) is 12.0 Å². The van der Waals surface area contributed by atoms with Gasteiger partial charge in [-0.15, -0.1) is 0 Å². The van der Waals surface area contributed by atoms with Gasteiger partial charge in [-0.05, 0) is 31.8 Å². The molecule has 2 aliphatic heterocycles. The van der Waals surface area contributed by atoms with Gasteiger partial charge in [0.05, 0.1) is 5.69 Å². The van der Waals surface area contributed by atoms with Gasteiger partial charge in [-0.2, -0.15) is 4.31 Å². The number of sulfonamides is 1. The normalized spacial score (nSPS) is 23.1. The lowest BCUT2D eigenvalue weighted by Crippen LogP contribution is -2.54. The Morgan fingerprint density at radius 1 is 1.32 bits per heavy atom. The van der Waals surface area contributed by atoms with Gasteiger partial charge in [-0.1, -0.05) is 12.1 Å². The minimum Gasteiger partial charge on any atom is -0.364 e. The second-order valence-corrected chi connectivity index (χ2v) is 9.43. The van der Waals surface area contributed by atoms with E-state index in [2.05, 4.69) is 32.2 Å². The summed E-state index contributed by atoms with van der Waals surface area (Å²) in [5.74, 6) is 1.38. The molecular formula is C18H32N6O3S. The fourth-order valence-corrected chi connectivity index (χ4v) is 5.37. The van der Waals surface area contributed by atoms with Gasteiger partial charge in [-0.25, -0.2) is 8.42 Å². The first kappa shape index (κ1) is 21.1. The molecule has 28 heavy (non-hydrogen) atoms. The third-order valence-electron chi connectivity index (χ3n) is 5.56. The van der Waals surface area contributed by atoms with E-state index in [-0.39, 0.29) is 5.75 Å². The molecule has 9 nitrogen and oxygen atoms in total. The van der Waals surface area contributed by atoms with Crippen molar-refractivity contribution < 1.29 is 12.9 Å². The van der Waals surface area contributed by atoms with E-state index in [0.29, 0.717) is 37.8 Å². The van der Waals surface area contributed by atoms with Crippen molar-refractivity contribution in [2.75, 3.05) is 59.4 Å². The lowest BCUT2D eigenvalue weighted by atomic mass is 9.98. The Labute approximate surface area is 167 Å². The van der Waals surface area contributed by atoms with Crippen LogP contribution in [0.1, 0.15) is 25.5 Å². The van der Waals surface area contributed by atoms with Crippen LogP contribution in [0.3, 0.4) is 0 Å². The molecule has 1 aromatic rings. The van der Waals surface area contributed by atoms with Crippen LogP contribution in [0, 0.1) is 5.92 Å². The number of hydrogen-bond donors (Lipinski definition) is 1. The molecule has 0 saturated carbocycles. The standard InChI is InChI=1S/C18H32N6O3S/c1-3-22-7-4-5-16(14-22)13-20-18(19-2)23-8-10-24(11-9-23)28(25,26)15-17-6-12-27-21-17/h6,12,16H,3-5,7-11,13-15H2,1-2H3,(H,19,20). The topological polar surface area (TPSA) is 94.3 Å². The van der Waals surface area contributed by atoms with Crippen LogP contribution >= 0.6 is 0 Å². The van der Waals surface area contributed by atoms with E-state index >= 15 is 0 Å². The Hall–Kier alpha value is -1.65. The Kier molecular flexibility index (Phi) is 7.30. The number of hydrogen-bond acceptors (Lipinski definition) is 6. The van der Waals surface area contributed by atoms with Crippen molar-refractivity contribution in [3.05, 3.63) is 18.0 Å². The second kappa shape index (κ2) is 9.71. The first-order valence-electron chi connectivity index (χ1n) is 10.1. The van der Waals surface area contributed by atoms with E-state index in [9.17, 15) is 8.42 Å². The van der Waals surface area contributed by atoms with Gasteiger partial charge in [0, 0.05) is 52.4 Å². The quantitative estimate of drug-likeness (QED) is 0.535. The molecule has 2 aliphatic rings. The number of piperidine rings is 1. The molecule has 10 heteroatoms. The first-order valence-corrected chi connectivity index (χ1v) is 11.7. The van der Waals surface area contributed by atoms with E-state index in [4.69, 9.17) is 4.52 Å². The number of guanidine groups is 1. The van der Waals surface area contributed by atoms with E-state index in [1.165, 1.54) is 30.0 Å². The van der Waals surface area contributed by atoms with Gasteiger partial charge in [0.25, 0.3) is 0 Å². The molecule has 0 radical (unpaired) electrons. The maximum atomic E-state index is 12.6. The molecule has 0 spiro atoms. The largest absolute Gasteiger partial charge is 0.364 e. The summed E-state index contributed by atoms with van der Waals surface area (Å²) in [4.78, 5) is 9.05. The van der Waals surface area contributed by atoms with Crippen molar-refractivity contribution in [1.29, 1.82) is 0 Å². The predicted molar refractivity (Wildman–Crippen MR) is 108 cm³/mol. The van der Waals surface area contributed by atoms with Gasteiger partial charge in [0.2, 0.25) is 10.0 Å². The van der Waals surface area contributed by atoms with Crippen molar-refractivity contribution in [2.24, 2.45) is 10.9 Å². The Balaban J connectivity index is 1.47. The molecule has 0 bridgehead atoms. The maximum Gasteiger partial charge on any atom is 0.220 e. The third kappa shape index (κ3) is 5.45. The predicted octanol–water partition coefficient (Wildman–Crippen LogP) is 0.429. The number of nitrogens with zero attached hydrogens (tertiary/aromatic N) is 5. The smallest absolute Gasteiger partial charge is 0.220 e. The van der Waals surface area contributed by atoms with Crippen LogP contribution < -0.4 is 5.32 Å². The molecule has 0 amide bonds. The molecule has 0 aromatic carbocycles. The van der Waals surface area contributed by atoms with Gasteiger partial charge >= 0.3 is 0 Å². The van der Waals surface area contributed by atoms with Crippen molar-refractivity contribution in [2.45, 2.75) is 25.5 Å². The summed E-state index contributed by atoms with van der Waals surface area (Å²) >= 11 is 0. The van der Waals surface area contributed by atoms with Crippen molar-refractivity contribution >= 4 is 16.0 Å². The molecule has 2 fully saturated rings. The summed E-state index contributed by atoms with van der Waals surface area (Å²) in [5, 5.41) is 7.21. The van der Waals surface area contributed by atoms with Gasteiger partial charge in [0.15, 0.2) is 5.96 Å². The highest BCUT2D eigenvalue weighted by molar-refractivity contribution is 7.88. The van der Waals surface area contributed by atoms with Crippen molar-refractivity contribution in [3.8, 4) is 0 Å². The highest BCUT2D eigenvalue weighted by atomic mass is 32.2. The Morgan fingerprint density at radius 2 is 2.11 bits per heavy atom. The molecule has 1 N–H and O–H groups in total. The molecular weight excluding hydrogens is 380 g/mol. The SMILES string of the molecule is CCN1CCCC(CNC(=NC)N2CCN(S(=O)(=O)Cc3ccon3)CC2)C1. The van der Waals surface area contributed by atoms with Crippen molar-refractivity contribution in [3.63, 3.8) is 0 Å².